The van der Waals surface area contributed by atoms with Crippen molar-refractivity contribution in [3.63, 3.8) is 0 Å². The van der Waals surface area contributed by atoms with E-state index in [0.29, 0.717) is 25.8 Å². The second kappa shape index (κ2) is 17.0. The zero-order chi connectivity index (χ0) is 37.5. The van der Waals surface area contributed by atoms with Crippen molar-refractivity contribution < 1.29 is 37.5 Å². The molecular weight excluding hydrogens is 662 g/mol. The van der Waals surface area contributed by atoms with Crippen molar-refractivity contribution in [3.8, 4) is 0 Å². The van der Waals surface area contributed by atoms with Crippen LogP contribution >= 0.6 is 0 Å². The van der Waals surface area contributed by atoms with E-state index < -0.39 is 79.8 Å². The Labute approximate surface area is 298 Å². The lowest BCUT2D eigenvalue weighted by Crippen LogP contribution is -2.64. The number of hydrogen-bond acceptors (Lipinski definition) is 8. The van der Waals surface area contributed by atoms with Crippen LogP contribution in [-0.2, 0) is 29.0 Å². The summed E-state index contributed by atoms with van der Waals surface area (Å²) >= 11 is 0. The van der Waals surface area contributed by atoms with E-state index in [0.717, 1.165) is 44.9 Å². The fraction of sp³-hybridized carbons (Fsp3) is 0.806. The molecule has 3 fully saturated rings. The normalized spacial score (nSPS) is 23.3. The Morgan fingerprint density at radius 2 is 1.66 bits per heavy atom. The van der Waals surface area contributed by atoms with E-state index in [1.807, 2.05) is 27.7 Å². The second-order valence-corrected chi connectivity index (χ2v) is 18.9. The van der Waals surface area contributed by atoms with Crippen LogP contribution < -0.4 is 21.3 Å². The van der Waals surface area contributed by atoms with Gasteiger partial charge in [0, 0.05) is 13.1 Å². The van der Waals surface area contributed by atoms with Gasteiger partial charge in [0.25, 0.3) is 5.91 Å². The van der Waals surface area contributed by atoms with Gasteiger partial charge in [-0.1, -0.05) is 72.3 Å². The summed E-state index contributed by atoms with van der Waals surface area (Å²) in [6.07, 6.45) is 8.81. The summed E-state index contributed by atoms with van der Waals surface area (Å²) in [5.41, 5.74) is -1.86. The molecule has 0 radical (unpaired) electrons. The quantitative estimate of drug-likeness (QED) is 0.119. The van der Waals surface area contributed by atoms with Gasteiger partial charge in [0.15, 0.2) is 9.84 Å². The van der Waals surface area contributed by atoms with Crippen LogP contribution in [-0.4, -0.2) is 102 Å². The zero-order valence-corrected chi connectivity index (χ0v) is 31.8. The van der Waals surface area contributed by atoms with Crippen molar-refractivity contribution in [3.05, 3.63) is 12.7 Å². The highest BCUT2D eigenvalue weighted by Crippen LogP contribution is 2.43. The third kappa shape index (κ3) is 9.86. The van der Waals surface area contributed by atoms with Crippen LogP contribution in [0.3, 0.4) is 0 Å². The number of rotatable bonds is 16. The standard InChI is InChI=1S/C36H61N5O8S/c1-8-10-17-26(28(43)31(45)37-20-9-2)38-30(44)27-25-16-14-15-24(25)21-41(27)32(46)29(34(3,4)5)39-33(47)40-36(18-12-11-13-19-36)23-50(48,49)35(6,7)22-42/h9,24-27,29,42H,2,8,10-23H2,1,3-7H3,(H,37,45)(H,38,44)(H2,39,40,47)/t24-,25-,26-,27-,29+/m0/s1. The lowest BCUT2D eigenvalue weighted by molar-refractivity contribution is -0.144. The number of likely N-dealkylation sites (tertiary alicyclic amines) is 1. The summed E-state index contributed by atoms with van der Waals surface area (Å²) in [5.74, 6) is -2.87. The first kappa shape index (κ1) is 41.4. The Morgan fingerprint density at radius 3 is 2.24 bits per heavy atom. The number of unbranched alkanes of at least 4 members (excludes halogenated alkanes) is 1. The van der Waals surface area contributed by atoms with Gasteiger partial charge < -0.3 is 31.3 Å². The van der Waals surface area contributed by atoms with E-state index in [2.05, 4.69) is 27.8 Å². The number of nitrogens with zero attached hydrogens (tertiary/aromatic N) is 1. The molecule has 5 N–H and O–H groups in total. The minimum atomic E-state index is -3.82. The summed E-state index contributed by atoms with van der Waals surface area (Å²) in [6, 6.07) is -3.67. The maximum atomic E-state index is 14.5. The predicted octanol–water partition coefficient (Wildman–Crippen LogP) is 2.76. The molecule has 0 aromatic rings. The van der Waals surface area contributed by atoms with Crippen molar-refractivity contribution >= 4 is 39.4 Å². The van der Waals surface area contributed by atoms with Gasteiger partial charge in [0.05, 0.1) is 28.7 Å². The number of amides is 5. The summed E-state index contributed by atoms with van der Waals surface area (Å²) < 4.78 is 25.4. The Kier molecular flexibility index (Phi) is 14.1. The van der Waals surface area contributed by atoms with Gasteiger partial charge >= 0.3 is 6.03 Å². The summed E-state index contributed by atoms with van der Waals surface area (Å²) in [4.78, 5) is 69.6. The summed E-state index contributed by atoms with van der Waals surface area (Å²) in [5, 5.41) is 20.9. The third-order valence-electron chi connectivity index (χ3n) is 10.8. The molecule has 0 bridgehead atoms. The van der Waals surface area contributed by atoms with Crippen molar-refractivity contribution in [2.75, 3.05) is 25.4 Å². The van der Waals surface area contributed by atoms with Crippen LogP contribution in [0, 0.1) is 17.3 Å². The fourth-order valence-corrected chi connectivity index (χ4v) is 9.30. The number of aliphatic hydroxyl groups is 1. The van der Waals surface area contributed by atoms with E-state index in [-0.39, 0.29) is 30.6 Å². The Morgan fingerprint density at radius 1 is 1.00 bits per heavy atom. The molecular formula is C36H61N5O8S. The number of carbonyl (C=O) groups excluding carboxylic acids is 5. The molecule has 0 spiro atoms. The zero-order valence-electron chi connectivity index (χ0n) is 30.9. The molecule has 0 aromatic heterocycles. The molecule has 0 aromatic carbocycles. The number of hydrogen-bond donors (Lipinski definition) is 5. The van der Waals surface area contributed by atoms with Crippen molar-refractivity contribution in [2.45, 2.75) is 141 Å². The van der Waals surface area contributed by atoms with E-state index in [1.54, 1.807) is 0 Å². The third-order valence-corrected chi connectivity index (χ3v) is 13.6. The molecule has 5 atom stereocenters. The number of urea groups is 1. The lowest BCUT2D eigenvalue weighted by atomic mass is 9.83. The maximum absolute atomic E-state index is 14.5. The Bertz CT molecular complexity index is 1370. The number of carbonyl (C=O) groups is 5. The van der Waals surface area contributed by atoms with Crippen molar-refractivity contribution in [1.82, 2.24) is 26.2 Å². The van der Waals surface area contributed by atoms with Crippen LogP contribution in [0.15, 0.2) is 12.7 Å². The molecule has 3 aliphatic rings. The number of Topliss-reactive ketones (excluding diaryl/α,β-unsaturated/α-hetero) is 1. The molecule has 3 rings (SSSR count). The van der Waals surface area contributed by atoms with Crippen molar-refractivity contribution in [2.24, 2.45) is 17.3 Å². The SMILES string of the molecule is C=CCNC(=O)C(=O)[C@H](CCCC)NC(=O)[C@@H]1[C@H]2CCC[C@H]2CN1C(=O)[C@@H](NC(=O)NC1(CS(=O)(=O)C(C)(C)CO)CCCCC1)C(C)(C)C. The number of ketones is 1. The van der Waals surface area contributed by atoms with Gasteiger partial charge in [-0.3, -0.25) is 19.2 Å². The highest BCUT2D eigenvalue weighted by Gasteiger charge is 2.52. The Balaban J connectivity index is 1.87. The molecule has 2 aliphatic carbocycles. The first-order chi connectivity index (χ1) is 23.3. The van der Waals surface area contributed by atoms with Crippen LogP contribution in [0.2, 0.25) is 0 Å². The molecule has 0 unspecified atom stereocenters. The monoisotopic (exact) mass is 723 g/mol. The number of sulfone groups is 1. The van der Waals surface area contributed by atoms with Gasteiger partial charge in [0.2, 0.25) is 17.6 Å². The molecule has 1 heterocycles. The summed E-state index contributed by atoms with van der Waals surface area (Å²) in [7, 11) is -3.82. The van der Waals surface area contributed by atoms with Crippen LogP contribution in [0.1, 0.15) is 112 Å². The minimum Gasteiger partial charge on any atom is -0.395 e. The molecule has 284 valence electrons. The van der Waals surface area contributed by atoms with Crippen LogP contribution in [0.4, 0.5) is 4.79 Å². The topological polar surface area (TPSA) is 191 Å². The van der Waals surface area contributed by atoms with Gasteiger partial charge in [-0.25, -0.2) is 13.2 Å². The fourth-order valence-electron chi connectivity index (χ4n) is 7.63. The van der Waals surface area contributed by atoms with Crippen LogP contribution in [0.25, 0.3) is 0 Å². The molecule has 13 nitrogen and oxygen atoms in total. The average Bonchev–Trinajstić information content (AvgIpc) is 3.65. The molecule has 14 heteroatoms. The van der Waals surface area contributed by atoms with E-state index in [1.165, 1.54) is 24.8 Å². The van der Waals surface area contributed by atoms with Gasteiger partial charge in [0.1, 0.15) is 12.1 Å². The van der Waals surface area contributed by atoms with E-state index in [9.17, 15) is 37.5 Å². The highest BCUT2D eigenvalue weighted by atomic mass is 32.2. The van der Waals surface area contributed by atoms with Gasteiger partial charge in [-0.2, -0.15) is 0 Å². The smallest absolute Gasteiger partial charge is 0.315 e. The molecule has 2 saturated carbocycles. The second-order valence-electron chi connectivity index (χ2n) is 16.3. The van der Waals surface area contributed by atoms with Crippen LogP contribution in [0.5, 0.6) is 0 Å². The largest absolute Gasteiger partial charge is 0.395 e. The minimum absolute atomic E-state index is 0.0791. The maximum Gasteiger partial charge on any atom is 0.315 e. The molecule has 1 saturated heterocycles. The molecule has 1 aliphatic heterocycles. The predicted molar refractivity (Wildman–Crippen MR) is 192 cm³/mol. The first-order valence-corrected chi connectivity index (χ1v) is 19.9. The average molecular weight is 724 g/mol. The highest BCUT2D eigenvalue weighted by molar-refractivity contribution is 7.92. The molecule has 5 amide bonds. The lowest BCUT2D eigenvalue weighted by Gasteiger charge is -2.41. The number of fused-ring (bicyclic) bond motifs is 1. The van der Waals surface area contributed by atoms with Gasteiger partial charge in [-0.15, -0.1) is 6.58 Å². The first-order valence-electron chi connectivity index (χ1n) is 18.3. The summed E-state index contributed by atoms with van der Waals surface area (Å²) in [6.45, 7) is 13.7. The van der Waals surface area contributed by atoms with E-state index >= 15 is 0 Å². The van der Waals surface area contributed by atoms with Crippen molar-refractivity contribution in [1.29, 1.82) is 0 Å². The molecule has 50 heavy (non-hydrogen) atoms. The van der Waals surface area contributed by atoms with Gasteiger partial charge in [-0.05, 0) is 63.2 Å². The number of aliphatic hydroxyl groups excluding tert-OH is 1. The Hall–Kier alpha value is -3.00. The number of nitrogens with one attached hydrogen (secondary N) is 4. The van der Waals surface area contributed by atoms with E-state index in [4.69, 9.17) is 0 Å².